The van der Waals surface area contributed by atoms with E-state index in [1.165, 1.54) is 12.8 Å². The van der Waals surface area contributed by atoms with Gasteiger partial charge in [0.05, 0.1) is 12.2 Å². The Morgan fingerprint density at radius 2 is 2.09 bits per heavy atom. The van der Waals surface area contributed by atoms with Crippen molar-refractivity contribution in [2.75, 3.05) is 13.1 Å². The molecule has 22 heavy (non-hydrogen) atoms. The number of hydrogen-bond donors (Lipinski definition) is 2. The number of nitrogens with one attached hydrogen (secondary N) is 2. The van der Waals surface area contributed by atoms with Gasteiger partial charge in [0.1, 0.15) is 0 Å². The zero-order chi connectivity index (χ0) is 15.1. The van der Waals surface area contributed by atoms with Crippen molar-refractivity contribution >= 4 is 46.2 Å². The summed E-state index contributed by atoms with van der Waals surface area (Å²) in [6, 6.07) is 0. The van der Waals surface area contributed by atoms with Gasteiger partial charge in [-0.1, -0.05) is 26.7 Å². The summed E-state index contributed by atoms with van der Waals surface area (Å²) >= 11 is 1.64. The summed E-state index contributed by atoms with van der Waals surface area (Å²) in [5, 5.41) is 8.76. The molecule has 2 aromatic rings. The Morgan fingerprint density at radius 3 is 2.73 bits per heavy atom. The summed E-state index contributed by atoms with van der Waals surface area (Å²) in [6.45, 7) is 8.99. The third kappa shape index (κ3) is 5.42. The highest BCUT2D eigenvalue weighted by Crippen LogP contribution is 2.11. The standard InChI is InChI=1S/C15H25N5S.HI/c1-4-12(5-2)9-17-14(16-6-3)18-10-13-11-20-7-8-21-15(20)19-13;/h7-8,11-12H,4-6,9-10H2,1-3H3,(H2,16,17,18);1H. The molecule has 0 radical (unpaired) electrons. The lowest BCUT2D eigenvalue weighted by Gasteiger charge is -2.16. The number of aliphatic imine (C=N–C) groups is 1. The average molecular weight is 435 g/mol. The van der Waals surface area contributed by atoms with E-state index >= 15 is 0 Å². The van der Waals surface area contributed by atoms with Gasteiger partial charge in [-0.25, -0.2) is 9.98 Å². The van der Waals surface area contributed by atoms with Crippen LogP contribution < -0.4 is 10.6 Å². The van der Waals surface area contributed by atoms with Crippen molar-refractivity contribution in [1.82, 2.24) is 20.0 Å². The van der Waals surface area contributed by atoms with Crippen LogP contribution in [0.3, 0.4) is 0 Å². The maximum atomic E-state index is 4.62. The molecule has 0 saturated carbocycles. The molecule has 2 N–H and O–H groups in total. The molecule has 5 nitrogen and oxygen atoms in total. The molecule has 0 bridgehead atoms. The van der Waals surface area contributed by atoms with Crippen LogP contribution in [0.5, 0.6) is 0 Å². The molecule has 124 valence electrons. The molecule has 0 atom stereocenters. The van der Waals surface area contributed by atoms with Gasteiger partial charge >= 0.3 is 0 Å². The summed E-state index contributed by atoms with van der Waals surface area (Å²) in [7, 11) is 0. The summed E-state index contributed by atoms with van der Waals surface area (Å²) < 4.78 is 2.04. The molecule has 0 amide bonds. The lowest BCUT2D eigenvalue weighted by Crippen LogP contribution is -2.39. The van der Waals surface area contributed by atoms with Crippen molar-refractivity contribution in [3.05, 3.63) is 23.5 Å². The van der Waals surface area contributed by atoms with Crippen molar-refractivity contribution < 1.29 is 0 Å². The van der Waals surface area contributed by atoms with Crippen LogP contribution in [-0.2, 0) is 6.54 Å². The van der Waals surface area contributed by atoms with Gasteiger partial charge in [0.15, 0.2) is 10.9 Å². The number of halogens is 1. The van der Waals surface area contributed by atoms with Crippen LogP contribution in [0.4, 0.5) is 0 Å². The Hall–Kier alpha value is -0.830. The summed E-state index contributed by atoms with van der Waals surface area (Å²) in [5.74, 6) is 1.58. The highest BCUT2D eigenvalue weighted by atomic mass is 127. The fourth-order valence-corrected chi connectivity index (χ4v) is 2.89. The lowest BCUT2D eigenvalue weighted by atomic mass is 10.0. The Kier molecular flexibility index (Phi) is 8.77. The highest BCUT2D eigenvalue weighted by molar-refractivity contribution is 14.0. The third-order valence-corrected chi connectivity index (χ3v) is 4.37. The van der Waals surface area contributed by atoms with Crippen LogP contribution in [0.15, 0.2) is 22.8 Å². The normalized spacial score (nSPS) is 11.7. The molecule has 2 aromatic heterocycles. The average Bonchev–Trinajstić information content (AvgIpc) is 3.06. The van der Waals surface area contributed by atoms with Gasteiger partial charge in [0, 0.05) is 30.9 Å². The molecular weight excluding hydrogens is 409 g/mol. The number of thiazole rings is 1. The predicted molar refractivity (Wildman–Crippen MR) is 105 cm³/mol. The largest absolute Gasteiger partial charge is 0.357 e. The van der Waals surface area contributed by atoms with E-state index in [4.69, 9.17) is 0 Å². The molecular formula is C15H26IN5S. The highest BCUT2D eigenvalue weighted by Gasteiger charge is 2.06. The van der Waals surface area contributed by atoms with Gasteiger partial charge < -0.3 is 10.6 Å². The summed E-state index contributed by atoms with van der Waals surface area (Å²) in [4.78, 5) is 10.2. The topological polar surface area (TPSA) is 53.7 Å². The number of fused-ring (bicyclic) bond motifs is 1. The van der Waals surface area contributed by atoms with Crippen LogP contribution >= 0.6 is 35.3 Å². The van der Waals surface area contributed by atoms with Gasteiger partial charge in [-0.05, 0) is 12.8 Å². The van der Waals surface area contributed by atoms with Crippen molar-refractivity contribution in [1.29, 1.82) is 0 Å². The van der Waals surface area contributed by atoms with E-state index in [-0.39, 0.29) is 24.0 Å². The number of aromatic nitrogens is 2. The second-order valence-corrected chi connectivity index (χ2v) is 5.96. The van der Waals surface area contributed by atoms with E-state index < -0.39 is 0 Å². The minimum Gasteiger partial charge on any atom is -0.357 e. The molecule has 2 heterocycles. The van der Waals surface area contributed by atoms with Crippen LogP contribution in [-0.4, -0.2) is 28.4 Å². The maximum Gasteiger partial charge on any atom is 0.193 e. The molecule has 7 heteroatoms. The van der Waals surface area contributed by atoms with E-state index in [1.54, 1.807) is 11.3 Å². The SMILES string of the molecule is CCNC(=NCc1cn2ccsc2n1)NCC(CC)CC.I. The number of rotatable bonds is 7. The van der Waals surface area contributed by atoms with E-state index in [0.717, 1.165) is 29.7 Å². The Morgan fingerprint density at radius 1 is 1.32 bits per heavy atom. The van der Waals surface area contributed by atoms with Gasteiger partial charge in [-0.2, -0.15) is 0 Å². The zero-order valence-electron chi connectivity index (χ0n) is 13.5. The monoisotopic (exact) mass is 435 g/mol. The number of hydrogen-bond acceptors (Lipinski definition) is 3. The molecule has 0 aliphatic carbocycles. The van der Waals surface area contributed by atoms with Crippen molar-refractivity contribution in [2.24, 2.45) is 10.9 Å². The van der Waals surface area contributed by atoms with Crippen LogP contribution in [0.1, 0.15) is 39.3 Å². The first kappa shape index (κ1) is 19.2. The number of nitrogens with zero attached hydrogens (tertiary/aromatic N) is 3. The Bertz CT molecular complexity index is 545. The van der Waals surface area contributed by atoms with E-state index in [9.17, 15) is 0 Å². The van der Waals surface area contributed by atoms with E-state index in [1.807, 2.05) is 22.2 Å². The number of imidazole rings is 1. The van der Waals surface area contributed by atoms with Crippen molar-refractivity contribution in [3.63, 3.8) is 0 Å². The molecule has 0 fully saturated rings. The molecule has 0 aromatic carbocycles. The van der Waals surface area contributed by atoms with Crippen LogP contribution in [0, 0.1) is 5.92 Å². The van der Waals surface area contributed by atoms with E-state index in [0.29, 0.717) is 12.5 Å². The fraction of sp³-hybridized carbons (Fsp3) is 0.600. The van der Waals surface area contributed by atoms with Crippen LogP contribution in [0.2, 0.25) is 0 Å². The first-order valence-electron chi connectivity index (χ1n) is 7.70. The zero-order valence-corrected chi connectivity index (χ0v) is 16.6. The first-order chi connectivity index (χ1) is 10.3. The minimum absolute atomic E-state index is 0. The molecule has 0 saturated heterocycles. The molecule has 2 rings (SSSR count). The third-order valence-electron chi connectivity index (χ3n) is 3.60. The molecule has 0 spiro atoms. The Labute approximate surface area is 153 Å². The smallest absolute Gasteiger partial charge is 0.193 e. The minimum atomic E-state index is 0. The predicted octanol–water partition coefficient (Wildman–Crippen LogP) is 3.51. The van der Waals surface area contributed by atoms with Gasteiger partial charge in [-0.15, -0.1) is 35.3 Å². The molecule has 0 unspecified atom stereocenters. The molecule has 0 aliphatic rings. The first-order valence-corrected chi connectivity index (χ1v) is 8.58. The summed E-state index contributed by atoms with van der Waals surface area (Å²) in [5.41, 5.74) is 1.00. The van der Waals surface area contributed by atoms with Gasteiger partial charge in [0.2, 0.25) is 0 Å². The Balaban J connectivity index is 0.00000242. The van der Waals surface area contributed by atoms with Crippen molar-refractivity contribution in [3.8, 4) is 0 Å². The maximum absolute atomic E-state index is 4.62. The fourth-order valence-electron chi connectivity index (χ4n) is 2.17. The van der Waals surface area contributed by atoms with Crippen molar-refractivity contribution in [2.45, 2.75) is 40.2 Å². The number of guanidine groups is 1. The molecule has 0 aliphatic heterocycles. The second kappa shape index (κ2) is 10.0. The second-order valence-electron chi connectivity index (χ2n) is 5.08. The van der Waals surface area contributed by atoms with Gasteiger partial charge in [0.25, 0.3) is 0 Å². The van der Waals surface area contributed by atoms with Crippen LogP contribution in [0.25, 0.3) is 4.96 Å². The quantitative estimate of drug-likeness (QED) is 0.398. The van der Waals surface area contributed by atoms with E-state index in [2.05, 4.69) is 41.4 Å². The van der Waals surface area contributed by atoms with Gasteiger partial charge in [-0.3, -0.25) is 4.40 Å². The summed E-state index contributed by atoms with van der Waals surface area (Å²) in [6.07, 6.45) is 6.46. The lowest BCUT2D eigenvalue weighted by molar-refractivity contribution is 0.481.